The highest BCUT2D eigenvalue weighted by atomic mass is 35.5. The van der Waals surface area contributed by atoms with E-state index < -0.39 is 0 Å². The van der Waals surface area contributed by atoms with Gasteiger partial charge in [0, 0.05) is 35.4 Å². The smallest absolute Gasteiger partial charge is 0.240 e. The first-order valence-corrected chi connectivity index (χ1v) is 8.87. The third-order valence-electron chi connectivity index (χ3n) is 4.60. The molecule has 132 valence electrons. The number of anilines is 1. The van der Waals surface area contributed by atoms with Crippen LogP contribution in [0, 0.1) is 0 Å². The molecule has 5 nitrogen and oxygen atoms in total. The van der Waals surface area contributed by atoms with E-state index in [0.717, 1.165) is 16.6 Å². The lowest BCUT2D eigenvalue weighted by Gasteiger charge is -2.17. The van der Waals surface area contributed by atoms with Crippen molar-refractivity contribution in [1.82, 2.24) is 9.88 Å². The molecule has 1 saturated heterocycles. The maximum absolute atomic E-state index is 12.4. The van der Waals surface area contributed by atoms with E-state index in [1.165, 1.54) is 0 Å². The third kappa shape index (κ3) is 3.30. The van der Waals surface area contributed by atoms with Crippen LogP contribution in [-0.4, -0.2) is 29.0 Å². The summed E-state index contributed by atoms with van der Waals surface area (Å²) in [5.41, 5.74) is 1.78. The van der Waals surface area contributed by atoms with Crippen LogP contribution in [0.25, 0.3) is 10.9 Å². The van der Waals surface area contributed by atoms with Crippen molar-refractivity contribution < 1.29 is 9.59 Å². The monoisotopic (exact) mass is 367 g/mol. The van der Waals surface area contributed by atoms with Crippen LogP contribution in [0.5, 0.6) is 0 Å². The second-order valence-electron chi connectivity index (χ2n) is 6.46. The predicted octanol–water partition coefficient (Wildman–Crippen LogP) is 3.22. The minimum atomic E-state index is -0.198. The summed E-state index contributed by atoms with van der Waals surface area (Å²) >= 11 is 6.01. The number of hydrogen-bond acceptors (Lipinski definition) is 2. The van der Waals surface area contributed by atoms with Crippen molar-refractivity contribution in [3.05, 3.63) is 65.8 Å². The number of nitrogens with zero attached hydrogens (tertiary/aromatic N) is 2. The number of para-hydroxylation sites is 1. The van der Waals surface area contributed by atoms with Gasteiger partial charge >= 0.3 is 0 Å². The van der Waals surface area contributed by atoms with Gasteiger partial charge in [-0.2, -0.15) is 0 Å². The van der Waals surface area contributed by atoms with Crippen molar-refractivity contribution in [2.75, 3.05) is 11.4 Å². The molecule has 0 saturated carbocycles. The van der Waals surface area contributed by atoms with Crippen LogP contribution in [-0.2, 0) is 16.1 Å². The largest absolute Gasteiger partial charge is 0.349 e. The van der Waals surface area contributed by atoms with Crippen LogP contribution in [0.15, 0.2) is 60.8 Å². The van der Waals surface area contributed by atoms with Crippen molar-refractivity contribution in [2.45, 2.75) is 19.0 Å². The van der Waals surface area contributed by atoms with Crippen molar-refractivity contribution in [3.63, 3.8) is 0 Å². The molecular formula is C20H18ClN3O2. The zero-order chi connectivity index (χ0) is 18.1. The van der Waals surface area contributed by atoms with E-state index in [9.17, 15) is 9.59 Å². The number of halogens is 1. The van der Waals surface area contributed by atoms with Crippen molar-refractivity contribution in [3.8, 4) is 0 Å². The van der Waals surface area contributed by atoms with E-state index in [2.05, 4.69) is 5.32 Å². The number of nitrogens with one attached hydrogen (secondary N) is 1. The second kappa shape index (κ2) is 6.84. The van der Waals surface area contributed by atoms with Gasteiger partial charge in [0.1, 0.15) is 6.54 Å². The topological polar surface area (TPSA) is 54.3 Å². The summed E-state index contributed by atoms with van der Waals surface area (Å²) in [4.78, 5) is 26.4. The molecule has 0 radical (unpaired) electrons. The minimum absolute atomic E-state index is 0.0102. The van der Waals surface area contributed by atoms with Crippen LogP contribution >= 0.6 is 11.6 Å². The molecule has 2 heterocycles. The molecule has 6 heteroatoms. The summed E-state index contributed by atoms with van der Waals surface area (Å²) in [6, 6.07) is 16.9. The molecule has 1 aromatic heterocycles. The predicted molar refractivity (Wildman–Crippen MR) is 102 cm³/mol. The van der Waals surface area contributed by atoms with Gasteiger partial charge < -0.3 is 14.8 Å². The first-order chi connectivity index (χ1) is 12.6. The van der Waals surface area contributed by atoms with Gasteiger partial charge in [0.15, 0.2) is 0 Å². The zero-order valence-electron chi connectivity index (χ0n) is 14.1. The molecule has 0 spiro atoms. The summed E-state index contributed by atoms with van der Waals surface area (Å²) in [7, 11) is 0. The molecule has 0 aliphatic carbocycles. The Morgan fingerprint density at radius 2 is 2.00 bits per heavy atom. The van der Waals surface area contributed by atoms with Crippen LogP contribution in [0.4, 0.5) is 5.69 Å². The first-order valence-electron chi connectivity index (χ1n) is 8.49. The number of aromatic nitrogens is 1. The fraction of sp³-hybridized carbons (Fsp3) is 0.200. The Balaban J connectivity index is 1.41. The van der Waals surface area contributed by atoms with Gasteiger partial charge in [-0.25, -0.2) is 0 Å². The summed E-state index contributed by atoms with van der Waals surface area (Å²) < 4.78 is 1.91. The quantitative estimate of drug-likeness (QED) is 0.769. The Hall–Kier alpha value is -2.79. The fourth-order valence-electron chi connectivity index (χ4n) is 3.40. The van der Waals surface area contributed by atoms with Crippen LogP contribution < -0.4 is 10.2 Å². The Morgan fingerprint density at radius 1 is 1.15 bits per heavy atom. The van der Waals surface area contributed by atoms with E-state index >= 15 is 0 Å². The van der Waals surface area contributed by atoms with Gasteiger partial charge in [0.05, 0.1) is 6.04 Å². The molecule has 4 rings (SSSR count). The average molecular weight is 368 g/mol. The van der Waals surface area contributed by atoms with Gasteiger partial charge in [-0.1, -0.05) is 35.9 Å². The molecular weight excluding hydrogens is 350 g/mol. The van der Waals surface area contributed by atoms with Gasteiger partial charge in [0.2, 0.25) is 11.8 Å². The summed E-state index contributed by atoms with van der Waals surface area (Å²) in [5.74, 6) is -0.110. The zero-order valence-corrected chi connectivity index (χ0v) is 14.8. The Kier molecular flexibility index (Phi) is 4.39. The number of amides is 2. The van der Waals surface area contributed by atoms with Crippen molar-refractivity contribution >= 4 is 40.0 Å². The van der Waals surface area contributed by atoms with Crippen LogP contribution in [0.2, 0.25) is 5.02 Å². The number of benzene rings is 2. The molecule has 0 unspecified atom stereocenters. The van der Waals surface area contributed by atoms with E-state index in [1.54, 1.807) is 17.0 Å². The standard InChI is InChI=1S/C20H18ClN3O2/c21-15-5-3-6-17(10-15)24-12-16(11-20(24)26)22-19(25)13-23-9-8-14-4-1-2-7-18(14)23/h1-10,16H,11-13H2,(H,22,25)/t16-/m1/s1. The maximum Gasteiger partial charge on any atom is 0.240 e. The fourth-order valence-corrected chi connectivity index (χ4v) is 3.59. The summed E-state index contributed by atoms with van der Waals surface area (Å²) in [6.45, 7) is 0.687. The molecule has 1 atom stereocenters. The van der Waals surface area contributed by atoms with Gasteiger partial charge in [-0.15, -0.1) is 0 Å². The number of carbonyl (C=O) groups excluding carboxylic acids is 2. The Labute approximate surface area is 156 Å². The highest BCUT2D eigenvalue weighted by molar-refractivity contribution is 6.30. The molecule has 3 aromatic rings. The van der Waals surface area contributed by atoms with E-state index in [0.29, 0.717) is 18.0 Å². The Morgan fingerprint density at radius 3 is 2.85 bits per heavy atom. The highest BCUT2D eigenvalue weighted by Gasteiger charge is 2.31. The van der Waals surface area contributed by atoms with Crippen molar-refractivity contribution in [1.29, 1.82) is 0 Å². The van der Waals surface area contributed by atoms with E-state index in [-0.39, 0.29) is 24.4 Å². The SMILES string of the molecule is O=C(Cn1ccc2ccccc21)N[C@@H]1CC(=O)N(c2cccc(Cl)c2)C1. The molecule has 1 aliphatic heterocycles. The number of rotatable bonds is 4. The Bertz CT molecular complexity index is 982. The summed E-state index contributed by atoms with van der Waals surface area (Å²) in [5, 5.41) is 4.66. The molecule has 1 aliphatic rings. The number of hydrogen-bond donors (Lipinski definition) is 1. The maximum atomic E-state index is 12.4. The molecule has 1 fully saturated rings. The number of fused-ring (bicyclic) bond motifs is 1. The lowest BCUT2D eigenvalue weighted by Crippen LogP contribution is -2.38. The van der Waals surface area contributed by atoms with Gasteiger partial charge in [-0.05, 0) is 35.7 Å². The van der Waals surface area contributed by atoms with Gasteiger partial charge in [0.25, 0.3) is 0 Å². The molecule has 2 amide bonds. The average Bonchev–Trinajstić information content (AvgIpc) is 3.19. The second-order valence-corrected chi connectivity index (χ2v) is 6.89. The number of carbonyl (C=O) groups is 2. The molecule has 26 heavy (non-hydrogen) atoms. The molecule has 1 N–H and O–H groups in total. The molecule has 2 aromatic carbocycles. The van der Waals surface area contributed by atoms with Crippen LogP contribution in [0.3, 0.4) is 0 Å². The lowest BCUT2D eigenvalue weighted by atomic mass is 10.2. The first kappa shape index (κ1) is 16.7. The van der Waals surface area contributed by atoms with Crippen LogP contribution in [0.1, 0.15) is 6.42 Å². The normalized spacial score (nSPS) is 17.0. The lowest BCUT2D eigenvalue weighted by molar-refractivity contribution is -0.122. The summed E-state index contributed by atoms with van der Waals surface area (Å²) in [6.07, 6.45) is 2.20. The van der Waals surface area contributed by atoms with E-state index in [1.807, 2.05) is 53.2 Å². The van der Waals surface area contributed by atoms with Gasteiger partial charge in [-0.3, -0.25) is 9.59 Å². The van der Waals surface area contributed by atoms with E-state index in [4.69, 9.17) is 11.6 Å². The highest BCUT2D eigenvalue weighted by Crippen LogP contribution is 2.24. The van der Waals surface area contributed by atoms with Crippen molar-refractivity contribution in [2.24, 2.45) is 0 Å². The molecule has 0 bridgehead atoms. The minimum Gasteiger partial charge on any atom is -0.349 e. The third-order valence-corrected chi connectivity index (χ3v) is 4.84.